The van der Waals surface area contributed by atoms with Gasteiger partial charge in [0, 0.05) is 75.2 Å². The summed E-state index contributed by atoms with van der Waals surface area (Å²) >= 11 is 1.88. The molecule has 84 heavy (non-hydrogen) atoms. The van der Waals surface area contributed by atoms with Crippen LogP contribution in [0.15, 0.2) is 291 Å². The van der Waals surface area contributed by atoms with E-state index in [2.05, 4.69) is 278 Å². The van der Waals surface area contributed by atoms with Crippen LogP contribution in [0, 0.1) is 0 Å². The maximum atomic E-state index is 4.98. The Labute approximate surface area is 491 Å². The van der Waals surface area contributed by atoms with Gasteiger partial charge < -0.3 is 9.13 Å². The summed E-state index contributed by atoms with van der Waals surface area (Å²) in [4.78, 5) is 9.96. The smallest absolute Gasteiger partial charge is 0.160 e. The Morgan fingerprint density at radius 1 is 0.286 bits per heavy atom. The van der Waals surface area contributed by atoms with Gasteiger partial charge in [-0.15, -0.1) is 11.3 Å². The lowest BCUT2D eigenvalue weighted by Gasteiger charge is -2.22. The molecular formula is C79H54N4S. The third-order valence-corrected chi connectivity index (χ3v) is 18.4. The quantitative estimate of drug-likeness (QED) is 0.159. The largest absolute Gasteiger partial charge is 0.309 e. The molecule has 4 aromatic heterocycles. The SMILES string of the molecule is CC1(C)c2ccccc2-c2ccc(-c3ccc4sc5ccc(-n6c7ccccc7c7ccccc76)cc5c4c3)cc21.c1ccc(-c2cc(-c3ccccc3)nc(-c3ccc(-c4ccc(-n5c6ccccc6c6ccccc65)cc4)cc3)n2)cc1. The second-order valence-corrected chi connectivity index (χ2v) is 23.6. The van der Waals surface area contributed by atoms with E-state index in [1.54, 1.807) is 0 Å². The van der Waals surface area contributed by atoms with Crippen LogP contribution in [0.1, 0.15) is 25.0 Å². The van der Waals surface area contributed by atoms with Crippen LogP contribution in [-0.4, -0.2) is 19.1 Å². The van der Waals surface area contributed by atoms with Crippen molar-refractivity contribution in [3.8, 4) is 78.7 Å². The molecule has 12 aromatic carbocycles. The molecule has 4 nitrogen and oxygen atoms in total. The lowest BCUT2D eigenvalue weighted by atomic mass is 9.81. The van der Waals surface area contributed by atoms with Crippen molar-refractivity contribution in [2.75, 3.05) is 0 Å². The Balaban J connectivity index is 0.000000137. The fourth-order valence-electron chi connectivity index (χ4n) is 13.1. The maximum absolute atomic E-state index is 4.98. The van der Waals surface area contributed by atoms with E-state index < -0.39 is 0 Å². The molecule has 0 saturated heterocycles. The van der Waals surface area contributed by atoms with Crippen molar-refractivity contribution in [1.82, 2.24) is 19.1 Å². The summed E-state index contributed by atoms with van der Waals surface area (Å²) in [5.74, 6) is 0.716. The van der Waals surface area contributed by atoms with Gasteiger partial charge in [-0.05, 0) is 123 Å². The molecule has 0 fully saturated rings. The Hall–Kier alpha value is -10.5. The van der Waals surface area contributed by atoms with Gasteiger partial charge in [0.2, 0.25) is 0 Å². The minimum atomic E-state index is -0.00166. The average Bonchev–Trinajstić information content (AvgIpc) is 3.05. The zero-order valence-electron chi connectivity index (χ0n) is 46.4. The van der Waals surface area contributed by atoms with E-state index >= 15 is 0 Å². The third kappa shape index (κ3) is 8.26. The first-order chi connectivity index (χ1) is 41.4. The highest BCUT2D eigenvalue weighted by Gasteiger charge is 2.35. The van der Waals surface area contributed by atoms with Gasteiger partial charge in [-0.1, -0.05) is 226 Å². The summed E-state index contributed by atoms with van der Waals surface area (Å²) in [7, 11) is 0. The number of hydrogen-bond acceptors (Lipinski definition) is 3. The highest BCUT2D eigenvalue weighted by Crippen LogP contribution is 2.50. The van der Waals surface area contributed by atoms with E-state index in [4.69, 9.17) is 9.97 Å². The summed E-state index contributed by atoms with van der Waals surface area (Å²) in [6.45, 7) is 4.71. The average molecular weight is 1090 g/mol. The fourth-order valence-corrected chi connectivity index (χ4v) is 14.1. The second-order valence-electron chi connectivity index (χ2n) is 22.5. The fraction of sp³-hybridized carbons (Fsp3) is 0.0380. The summed E-state index contributed by atoms with van der Waals surface area (Å²) in [6, 6.07) is 105. The molecule has 0 atom stereocenters. The third-order valence-electron chi connectivity index (χ3n) is 17.3. The van der Waals surface area contributed by atoms with Crippen molar-refractivity contribution in [1.29, 1.82) is 0 Å². The minimum absolute atomic E-state index is 0.00166. The highest BCUT2D eigenvalue weighted by atomic mass is 32.1. The van der Waals surface area contributed by atoms with Crippen LogP contribution in [-0.2, 0) is 5.41 Å². The number of benzene rings is 12. The van der Waals surface area contributed by atoms with Crippen LogP contribution < -0.4 is 0 Å². The number of aromatic nitrogens is 4. The highest BCUT2D eigenvalue weighted by molar-refractivity contribution is 7.25. The Bertz CT molecular complexity index is 5040. The van der Waals surface area contributed by atoms with Crippen LogP contribution in [0.25, 0.3) is 142 Å². The first-order valence-corrected chi connectivity index (χ1v) is 29.6. The standard InChI is InChI=1S/C40H27N3.C39H27NS/c1-3-11-30(12-4-1)36-27-37(31-13-5-2-6-14-31)42-40(41-36)32-21-19-28(20-22-32)29-23-25-33(26-24-29)43-38-17-9-7-15-34(38)35-16-8-10-18-39(35)43;1-39(2)33-12-6-3-9-27(33)28-18-15-25(22-34(28)39)24-16-19-37-31(21-24)32-23-26(17-20-38(32)41-37)40-35-13-7-4-10-29(35)30-11-5-8-14-36(30)40/h1-27H;3-23H,1-2H3. The van der Waals surface area contributed by atoms with Gasteiger partial charge >= 0.3 is 0 Å². The predicted molar refractivity (Wildman–Crippen MR) is 355 cm³/mol. The zero-order valence-corrected chi connectivity index (χ0v) is 47.2. The van der Waals surface area contributed by atoms with Gasteiger partial charge in [-0.3, -0.25) is 0 Å². The molecule has 0 N–H and O–H groups in total. The molecular weight excluding hydrogens is 1040 g/mol. The molecule has 1 aliphatic rings. The van der Waals surface area contributed by atoms with E-state index in [0.29, 0.717) is 5.82 Å². The first-order valence-electron chi connectivity index (χ1n) is 28.8. The normalized spacial score (nSPS) is 12.5. The molecule has 0 saturated carbocycles. The van der Waals surface area contributed by atoms with Gasteiger partial charge in [-0.2, -0.15) is 0 Å². The molecule has 0 radical (unpaired) electrons. The summed E-state index contributed by atoms with van der Waals surface area (Å²) in [6.07, 6.45) is 0. The molecule has 0 unspecified atom stereocenters. The lowest BCUT2D eigenvalue weighted by molar-refractivity contribution is 0.660. The van der Waals surface area contributed by atoms with Crippen molar-refractivity contribution in [2.45, 2.75) is 19.3 Å². The van der Waals surface area contributed by atoms with E-state index in [1.807, 2.05) is 47.7 Å². The second kappa shape index (κ2) is 19.9. The molecule has 0 aliphatic heterocycles. The summed E-state index contributed by atoms with van der Waals surface area (Å²) in [5.41, 5.74) is 22.7. The number of hydrogen-bond donors (Lipinski definition) is 0. The van der Waals surface area contributed by atoms with Crippen LogP contribution in [0.4, 0.5) is 0 Å². The monoisotopic (exact) mass is 1090 g/mol. The molecule has 4 heterocycles. The van der Waals surface area contributed by atoms with Crippen molar-refractivity contribution < 1.29 is 0 Å². The minimum Gasteiger partial charge on any atom is -0.309 e. The predicted octanol–water partition coefficient (Wildman–Crippen LogP) is 21.4. The van der Waals surface area contributed by atoms with Crippen LogP contribution >= 0.6 is 11.3 Å². The van der Waals surface area contributed by atoms with E-state index in [-0.39, 0.29) is 5.41 Å². The van der Waals surface area contributed by atoms with Gasteiger partial charge in [0.25, 0.3) is 0 Å². The van der Waals surface area contributed by atoms with Gasteiger partial charge in [0.1, 0.15) is 0 Å². The number of rotatable bonds is 7. The molecule has 5 heteroatoms. The van der Waals surface area contributed by atoms with Crippen molar-refractivity contribution in [3.63, 3.8) is 0 Å². The molecule has 0 amide bonds. The Kier molecular flexibility index (Phi) is 11.7. The van der Waals surface area contributed by atoms with E-state index in [1.165, 1.54) is 108 Å². The van der Waals surface area contributed by atoms with E-state index in [9.17, 15) is 0 Å². The molecule has 17 rings (SSSR count). The Morgan fingerprint density at radius 2 is 0.690 bits per heavy atom. The number of nitrogens with zero attached hydrogens (tertiary/aromatic N) is 4. The van der Waals surface area contributed by atoms with Crippen LogP contribution in [0.5, 0.6) is 0 Å². The van der Waals surface area contributed by atoms with Gasteiger partial charge in [0.05, 0.1) is 33.5 Å². The summed E-state index contributed by atoms with van der Waals surface area (Å²) in [5, 5.41) is 7.77. The van der Waals surface area contributed by atoms with E-state index in [0.717, 1.165) is 39.3 Å². The molecule has 1 aliphatic carbocycles. The Morgan fingerprint density at radius 3 is 1.26 bits per heavy atom. The lowest BCUT2D eigenvalue weighted by Crippen LogP contribution is -2.14. The first kappa shape index (κ1) is 49.4. The topological polar surface area (TPSA) is 35.6 Å². The number of para-hydroxylation sites is 4. The van der Waals surface area contributed by atoms with Crippen molar-refractivity contribution >= 4 is 75.1 Å². The summed E-state index contributed by atoms with van der Waals surface area (Å²) < 4.78 is 7.42. The molecule has 16 aromatic rings. The van der Waals surface area contributed by atoms with Crippen LogP contribution in [0.3, 0.4) is 0 Å². The molecule has 0 spiro atoms. The maximum Gasteiger partial charge on any atom is 0.160 e. The number of fused-ring (bicyclic) bond motifs is 12. The van der Waals surface area contributed by atoms with Crippen LogP contribution in [0.2, 0.25) is 0 Å². The van der Waals surface area contributed by atoms with Crippen molar-refractivity contribution in [2.24, 2.45) is 0 Å². The van der Waals surface area contributed by atoms with Gasteiger partial charge in [0.15, 0.2) is 5.82 Å². The van der Waals surface area contributed by atoms with Crippen molar-refractivity contribution in [3.05, 3.63) is 302 Å². The molecule has 0 bridgehead atoms. The zero-order chi connectivity index (χ0) is 55.9. The number of thiophene rings is 1. The molecule has 396 valence electrons. The van der Waals surface area contributed by atoms with Gasteiger partial charge in [-0.25, -0.2) is 9.97 Å².